The van der Waals surface area contributed by atoms with Crippen molar-refractivity contribution in [1.82, 2.24) is 9.97 Å². The van der Waals surface area contributed by atoms with Crippen molar-refractivity contribution in [3.63, 3.8) is 0 Å². The third-order valence-corrected chi connectivity index (χ3v) is 3.17. The Morgan fingerprint density at radius 1 is 1.17 bits per heavy atom. The molecule has 1 atom stereocenters. The fourth-order valence-corrected chi connectivity index (χ4v) is 1.98. The van der Waals surface area contributed by atoms with Crippen LogP contribution in [0.2, 0.25) is 0 Å². The van der Waals surface area contributed by atoms with Crippen molar-refractivity contribution in [2.24, 2.45) is 0 Å². The number of nitrogens with two attached hydrogens (primary N) is 1. The van der Waals surface area contributed by atoms with Gasteiger partial charge in [0.1, 0.15) is 17.5 Å². The molecule has 1 aromatic rings. The van der Waals surface area contributed by atoms with Crippen LogP contribution in [0.4, 0.5) is 11.6 Å². The molecule has 0 amide bonds. The SMILES string of the molecule is CCCc1nc(N)c(C)c(NC(CC)CCC)n1. The van der Waals surface area contributed by atoms with Crippen LogP contribution in [0.25, 0.3) is 0 Å². The van der Waals surface area contributed by atoms with Crippen molar-refractivity contribution < 1.29 is 0 Å². The number of aryl methyl sites for hydroxylation is 1. The number of nitrogens with one attached hydrogen (secondary N) is 1. The number of rotatable bonds is 7. The summed E-state index contributed by atoms with van der Waals surface area (Å²) in [5.41, 5.74) is 6.91. The van der Waals surface area contributed by atoms with Gasteiger partial charge in [0.15, 0.2) is 0 Å². The minimum Gasteiger partial charge on any atom is -0.383 e. The maximum atomic E-state index is 5.95. The normalized spacial score (nSPS) is 12.4. The van der Waals surface area contributed by atoms with E-state index in [9.17, 15) is 0 Å². The zero-order valence-corrected chi connectivity index (χ0v) is 12.1. The molecule has 1 rings (SSSR count). The molecule has 4 heteroatoms. The van der Waals surface area contributed by atoms with Gasteiger partial charge in [-0.15, -0.1) is 0 Å². The minimum atomic E-state index is 0.470. The van der Waals surface area contributed by atoms with Crippen molar-refractivity contribution in [1.29, 1.82) is 0 Å². The smallest absolute Gasteiger partial charge is 0.134 e. The van der Waals surface area contributed by atoms with Gasteiger partial charge in [-0.3, -0.25) is 0 Å². The van der Waals surface area contributed by atoms with E-state index in [-0.39, 0.29) is 0 Å². The molecule has 1 unspecified atom stereocenters. The van der Waals surface area contributed by atoms with Gasteiger partial charge in [0.25, 0.3) is 0 Å². The van der Waals surface area contributed by atoms with Gasteiger partial charge in [-0.25, -0.2) is 9.97 Å². The molecule has 0 spiro atoms. The van der Waals surface area contributed by atoms with Gasteiger partial charge in [-0.05, 0) is 26.2 Å². The first-order valence-corrected chi connectivity index (χ1v) is 7.01. The lowest BCUT2D eigenvalue weighted by molar-refractivity contribution is 0.619. The van der Waals surface area contributed by atoms with E-state index in [1.807, 2.05) is 6.92 Å². The second kappa shape index (κ2) is 7.19. The molecule has 0 aromatic carbocycles. The van der Waals surface area contributed by atoms with Crippen molar-refractivity contribution in [2.45, 2.75) is 65.8 Å². The fourth-order valence-electron chi connectivity index (χ4n) is 1.98. The molecule has 0 aliphatic rings. The summed E-state index contributed by atoms with van der Waals surface area (Å²) >= 11 is 0. The molecule has 0 bridgehead atoms. The molecule has 102 valence electrons. The number of aromatic nitrogens is 2. The molecule has 0 aliphatic heterocycles. The van der Waals surface area contributed by atoms with E-state index in [1.54, 1.807) is 0 Å². The lowest BCUT2D eigenvalue weighted by atomic mass is 10.1. The van der Waals surface area contributed by atoms with Crippen LogP contribution in [-0.2, 0) is 6.42 Å². The van der Waals surface area contributed by atoms with Gasteiger partial charge in [-0.2, -0.15) is 0 Å². The van der Waals surface area contributed by atoms with E-state index < -0.39 is 0 Å². The van der Waals surface area contributed by atoms with Crippen molar-refractivity contribution in [2.75, 3.05) is 11.1 Å². The number of hydrogen-bond donors (Lipinski definition) is 2. The summed E-state index contributed by atoms with van der Waals surface area (Å²) in [4.78, 5) is 8.92. The van der Waals surface area contributed by atoms with E-state index in [1.165, 1.54) is 6.42 Å². The molecular formula is C14H26N4. The molecule has 0 radical (unpaired) electrons. The lowest BCUT2D eigenvalue weighted by Crippen LogP contribution is -2.20. The molecule has 1 heterocycles. The Labute approximate surface area is 110 Å². The predicted octanol–water partition coefficient (Wildman–Crippen LogP) is 3.31. The standard InChI is InChI=1S/C14H26N4/c1-5-8-11(7-3)16-14-10(4)13(15)17-12(18-14)9-6-2/h11H,5-9H2,1-4H3,(H3,15,16,17,18). The highest BCUT2D eigenvalue weighted by Crippen LogP contribution is 2.20. The van der Waals surface area contributed by atoms with Crippen LogP contribution in [-0.4, -0.2) is 16.0 Å². The molecular weight excluding hydrogens is 224 g/mol. The first kappa shape index (κ1) is 14.7. The van der Waals surface area contributed by atoms with Gasteiger partial charge in [-0.1, -0.05) is 27.2 Å². The molecule has 0 saturated heterocycles. The average Bonchev–Trinajstić information content (AvgIpc) is 2.35. The predicted molar refractivity (Wildman–Crippen MR) is 77.8 cm³/mol. The first-order valence-electron chi connectivity index (χ1n) is 7.01. The van der Waals surface area contributed by atoms with Gasteiger partial charge in [0.05, 0.1) is 0 Å². The molecule has 0 fully saturated rings. The fraction of sp³-hybridized carbons (Fsp3) is 0.714. The summed E-state index contributed by atoms with van der Waals surface area (Å²) < 4.78 is 0. The summed E-state index contributed by atoms with van der Waals surface area (Å²) in [6, 6.07) is 0.470. The van der Waals surface area contributed by atoms with Crippen molar-refractivity contribution >= 4 is 11.6 Å². The Hall–Kier alpha value is -1.32. The maximum Gasteiger partial charge on any atom is 0.134 e. The topological polar surface area (TPSA) is 63.8 Å². The summed E-state index contributed by atoms with van der Waals surface area (Å²) in [5.74, 6) is 2.35. The summed E-state index contributed by atoms with van der Waals surface area (Å²) in [5, 5.41) is 3.51. The number of anilines is 2. The number of hydrogen-bond acceptors (Lipinski definition) is 4. The van der Waals surface area contributed by atoms with Crippen LogP contribution in [0.5, 0.6) is 0 Å². The average molecular weight is 250 g/mol. The van der Waals surface area contributed by atoms with E-state index in [0.29, 0.717) is 11.9 Å². The summed E-state index contributed by atoms with van der Waals surface area (Å²) in [6.07, 6.45) is 5.34. The van der Waals surface area contributed by atoms with E-state index in [4.69, 9.17) is 5.73 Å². The van der Waals surface area contributed by atoms with E-state index >= 15 is 0 Å². The van der Waals surface area contributed by atoms with Crippen molar-refractivity contribution in [3.05, 3.63) is 11.4 Å². The Morgan fingerprint density at radius 3 is 2.44 bits per heavy atom. The van der Waals surface area contributed by atoms with Crippen LogP contribution in [0.3, 0.4) is 0 Å². The van der Waals surface area contributed by atoms with Gasteiger partial charge < -0.3 is 11.1 Å². The highest BCUT2D eigenvalue weighted by molar-refractivity contribution is 5.55. The largest absolute Gasteiger partial charge is 0.383 e. The zero-order valence-electron chi connectivity index (χ0n) is 12.1. The highest BCUT2D eigenvalue weighted by Gasteiger charge is 2.12. The maximum absolute atomic E-state index is 5.95. The van der Waals surface area contributed by atoms with Crippen molar-refractivity contribution in [3.8, 4) is 0 Å². The number of nitrogens with zero attached hydrogens (tertiary/aromatic N) is 2. The molecule has 18 heavy (non-hydrogen) atoms. The van der Waals surface area contributed by atoms with Gasteiger partial charge in [0, 0.05) is 18.0 Å². The Balaban J connectivity index is 2.91. The second-order valence-corrected chi connectivity index (χ2v) is 4.79. The van der Waals surface area contributed by atoms with Crippen LogP contribution >= 0.6 is 0 Å². The Morgan fingerprint density at radius 2 is 1.89 bits per heavy atom. The highest BCUT2D eigenvalue weighted by atomic mass is 15.1. The van der Waals surface area contributed by atoms with Crippen LogP contribution in [0, 0.1) is 6.92 Å². The van der Waals surface area contributed by atoms with Crippen LogP contribution in [0.15, 0.2) is 0 Å². The van der Waals surface area contributed by atoms with Gasteiger partial charge in [0.2, 0.25) is 0 Å². The zero-order chi connectivity index (χ0) is 13.5. The number of nitrogen functional groups attached to an aromatic ring is 1. The molecule has 0 aliphatic carbocycles. The van der Waals surface area contributed by atoms with E-state index in [2.05, 4.69) is 36.1 Å². The quantitative estimate of drug-likeness (QED) is 0.779. The Bertz CT molecular complexity index is 376. The lowest BCUT2D eigenvalue weighted by Gasteiger charge is -2.19. The van der Waals surface area contributed by atoms with E-state index in [0.717, 1.165) is 42.9 Å². The molecule has 3 N–H and O–H groups in total. The molecule has 4 nitrogen and oxygen atoms in total. The third-order valence-electron chi connectivity index (χ3n) is 3.17. The third kappa shape index (κ3) is 3.86. The van der Waals surface area contributed by atoms with Crippen LogP contribution < -0.4 is 11.1 Å². The second-order valence-electron chi connectivity index (χ2n) is 4.79. The first-order chi connectivity index (χ1) is 8.62. The van der Waals surface area contributed by atoms with Crippen LogP contribution in [0.1, 0.15) is 57.8 Å². The summed E-state index contributed by atoms with van der Waals surface area (Å²) in [6.45, 7) is 8.50. The minimum absolute atomic E-state index is 0.470. The molecule has 1 aromatic heterocycles. The monoisotopic (exact) mass is 250 g/mol. The summed E-state index contributed by atoms with van der Waals surface area (Å²) in [7, 11) is 0. The Kier molecular flexibility index (Phi) is 5.89. The van der Waals surface area contributed by atoms with Gasteiger partial charge >= 0.3 is 0 Å². The molecule has 0 saturated carbocycles.